The topological polar surface area (TPSA) is 97.4 Å². The minimum absolute atomic E-state index is 0.0942. The van der Waals surface area contributed by atoms with E-state index in [9.17, 15) is 15.4 Å². The molecule has 0 spiro atoms. The molecule has 2 aromatic carbocycles. The van der Waals surface area contributed by atoms with Crippen LogP contribution in [0, 0.1) is 28.4 Å². The molecule has 0 radical (unpaired) electrons. The summed E-state index contributed by atoms with van der Waals surface area (Å²) in [4.78, 5) is 10.5. The third kappa shape index (κ3) is 3.92. The molecule has 3 rings (SSSR count). The highest BCUT2D eigenvalue weighted by Gasteiger charge is 2.37. The molecular weight excluding hydrogens is 358 g/mol. The van der Waals surface area contributed by atoms with Gasteiger partial charge in [-0.15, -0.1) is 0 Å². The summed E-state index contributed by atoms with van der Waals surface area (Å²) >= 11 is 0. The van der Waals surface area contributed by atoms with Gasteiger partial charge in [0.15, 0.2) is 0 Å². The van der Waals surface area contributed by atoms with Crippen LogP contribution in [0.25, 0.3) is 0 Å². The van der Waals surface area contributed by atoms with Gasteiger partial charge in [-0.05, 0) is 31.9 Å². The van der Waals surface area contributed by atoms with Crippen molar-refractivity contribution in [3.8, 4) is 11.8 Å². The molecule has 1 aliphatic rings. The number of nitrogens with one attached hydrogen (secondary N) is 1. The molecule has 0 bridgehead atoms. The van der Waals surface area contributed by atoms with Gasteiger partial charge in [-0.25, -0.2) is 0 Å². The molecule has 0 unspecified atom stereocenters. The molecule has 0 aromatic heterocycles. The van der Waals surface area contributed by atoms with E-state index < -0.39 is 4.92 Å². The molecule has 0 aliphatic carbocycles. The summed E-state index contributed by atoms with van der Waals surface area (Å²) in [6.07, 6.45) is 1.63. The number of nitro benzene ring substituents is 1. The van der Waals surface area contributed by atoms with Crippen LogP contribution in [0.1, 0.15) is 29.5 Å². The van der Waals surface area contributed by atoms with Gasteiger partial charge in [0.1, 0.15) is 11.8 Å². The molecule has 7 nitrogen and oxygen atoms in total. The highest BCUT2D eigenvalue weighted by Crippen LogP contribution is 2.40. The van der Waals surface area contributed by atoms with E-state index in [1.807, 2.05) is 25.1 Å². The largest absolute Gasteiger partial charge is 0.496 e. The predicted molar refractivity (Wildman–Crippen MR) is 106 cm³/mol. The molecular formula is C21H23N3O4. The van der Waals surface area contributed by atoms with Crippen molar-refractivity contribution in [1.82, 2.24) is 0 Å². The van der Waals surface area contributed by atoms with Crippen LogP contribution in [0.4, 0.5) is 11.4 Å². The molecule has 1 saturated heterocycles. The fourth-order valence-corrected chi connectivity index (χ4v) is 3.70. The number of hydrogen-bond donors (Lipinski definition) is 1. The summed E-state index contributed by atoms with van der Waals surface area (Å²) < 4.78 is 11.2. The highest BCUT2D eigenvalue weighted by molar-refractivity contribution is 5.62. The Bertz CT molecular complexity index is 914. The Balaban J connectivity index is 1.94. The van der Waals surface area contributed by atoms with E-state index >= 15 is 0 Å². The van der Waals surface area contributed by atoms with Gasteiger partial charge in [-0.2, -0.15) is 5.26 Å². The summed E-state index contributed by atoms with van der Waals surface area (Å²) in [6.45, 7) is 3.91. The summed E-state index contributed by atoms with van der Waals surface area (Å²) in [5.41, 5.74) is 2.80. The lowest BCUT2D eigenvalue weighted by Gasteiger charge is -2.39. The van der Waals surface area contributed by atoms with Gasteiger partial charge in [-0.3, -0.25) is 10.1 Å². The number of anilines is 1. The maximum Gasteiger partial charge on any atom is 0.270 e. The van der Waals surface area contributed by atoms with Crippen molar-refractivity contribution in [3.05, 3.63) is 63.2 Å². The van der Waals surface area contributed by atoms with Gasteiger partial charge >= 0.3 is 0 Å². The normalized spacial score (nSPS) is 15.5. The molecule has 1 fully saturated rings. The van der Waals surface area contributed by atoms with Gasteiger partial charge < -0.3 is 14.8 Å². The fraction of sp³-hybridized carbons (Fsp3) is 0.381. The molecule has 0 saturated carbocycles. The molecule has 0 amide bonds. The number of nitrogens with zero attached hydrogens (tertiary/aromatic N) is 2. The molecule has 146 valence electrons. The Morgan fingerprint density at radius 1 is 1.29 bits per heavy atom. The maximum absolute atomic E-state index is 11.0. The monoisotopic (exact) mass is 381 g/mol. The third-order valence-electron chi connectivity index (χ3n) is 5.33. The number of hydrogen-bond acceptors (Lipinski definition) is 6. The number of methoxy groups -OCH3 is 1. The minimum atomic E-state index is -0.498. The Morgan fingerprint density at radius 2 is 2.04 bits per heavy atom. The number of aryl methyl sites for hydroxylation is 1. The third-order valence-corrected chi connectivity index (χ3v) is 5.33. The van der Waals surface area contributed by atoms with Crippen LogP contribution in [0.3, 0.4) is 0 Å². The molecule has 28 heavy (non-hydrogen) atoms. The van der Waals surface area contributed by atoms with Crippen LogP contribution in [-0.2, 0) is 10.2 Å². The number of benzene rings is 2. The first-order chi connectivity index (χ1) is 13.5. The lowest BCUT2D eigenvalue weighted by Crippen LogP contribution is -2.40. The summed E-state index contributed by atoms with van der Waals surface area (Å²) in [7, 11) is 1.67. The minimum Gasteiger partial charge on any atom is -0.496 e. The Hall–Kier alpha value is -3.11. The van der Waals surface area contributed by atoms with E-state index in [4.69, 9.17) is 9.47 Å². The summed E-state index contributed by atoms with van der Waals surface area (Å²) in [5.74, 6) is 0.832. The molecule has 1 heterocycles. The lowest BCUT2D eigenvalue weighted by molar-refractivity contribution is -0.384. The second kappa shape index (κ2) is 8.28. The second-order valence-corrected chi connectivity index (χ2v) is 7.05. The van der Waals surface area contributed by atoms with Gasteiger partial charge in [0.25, 0.3) is 5.69 Å². The van der Waals surface area contributed by atoms with E-state index in [1.54, 1.807) is 13.2 Å². The van der Waals surface area contributed by atoms with Crippen LogP contribution in [0.15, 0.2) is 36.4 Å². The van der Waals surface area contributed by atoms with Crippen LogP contribution in [-0.4, -0.2) is 31.8 Å². The first-order valence-electron chi connectivity index (χ1n) is 9.14. The quantitative estimate of drug-likeness (QED) is 0.601. The standard InChI is InChI=1S/C21H23N3O4/c1-15-3-6-20(27-2)18(11-15)21(7-9-28-10-8-21)14-23-19-5-4-17(24(25)26)12-16(19)13-22/h3-6,11-12,23H,7-10,14H2,1-2H3. The number of rotatable bonds is 6. The summed E-state index contributed by atoms with van der Waals surface area (Å²) in [6, 6.07) is 12.5. The Morgan fingerprint density at radius 3 is 2.68 bits per heavy atom. The van der Waals surface area contributed by atoms with E-state index in [1.165, 1.54) is 12.1 Å². The van der Waals surface area contributed by atoms with E-state index in [0.29, 0.717) is 25.4 Å². The number of non-ortho nitro benzene ring substituents is 1. The average molecular weight is 381 g/mol. The molecule has 1 N–H and O–H groups in total. The van der Waals surface area contributed by atoms with E-state index in [0.717, 1.165) is 29.7 Å². The van der Waals surface area contributed by atoms with Gasteiger partial charge in [0.2, 0.25) is 0 Å². The molecule has 0 atom stereocenters. The van der Waals surface area contributed by atoms with Crippen molar-refractivity contribution in [2.75, 3.05) is 32.2 Å². The summed E-state index contributed by atoms with van der Waals surface area (Å²) in [5, 5.41) is 23.7. The lowest BCUT2D eigenvalue weighted by atomic mass is 9.73. The van der Waals surface area contributed by atoms with Gasteiger partial charge in [0, 0.05) is 42.9 Å². The average Bonchev–Trinajstić information content (AvgIpc) is 2.72. The number of nitriles is 1. The van der Waals surface area contributed by atoms with Crippen molar-refractivity contribution in [3.63, 3.8) is 0 Å². The van der Waals surface area contributed by atoms with E-state index in [2.05, 4.69) is 11.4 Å². The van der Waals surface area contributed by atoms with Crippen LogP contribution >= 0.6 is 0 Å². The van der Waals surface area contributed by atoms with Gasteiger partial charge in [0.05, 0.1) is 23.3 Å². The smallest absolute Gasteiger partial charge is 0.270 e. The maximum atomic E-state index is 11.0. The van der Waals surface area contributed by atoms with E-state index in [-0.39, 0.29) is 16.7 Å². The second-order valence-electron chi connectivity index (χ2n) is 7.05. The van der Waals surface area contributed by atoms with Crippen LogP contribution < -0.4 is 10.1 Å². The first kappa shape index (κ1) is 19.6. The number of ether oxygens (including phenoxy) is 2. The van der Waals surface area contributed by atoms with Crippen molar-refractivity contribution in [2.24, 2.45) is 0 Å². The Labute approximate surface area is 164 Å². The molecule has 1 aliphatic heterocycles. The fourth-order valence-electron chi connectivity index (χ4n) is 3.70. The van der Waals surface area contributed by atoms with Gasteiger partial charge in [-0.1, -0.05) is 17.7 Å². The predicted octanol–water partition coefficient (Wildman–Crippen LogP) is 3.94. The van der Waals surface area contributed by atoms with Crippen molar-refractivity contribution in [2.45, 2.75) is 25.2 Å². The number of nitro groups is 1. The molecule has 7 heteroatoms. The zero-order valence-corrected chi connectivity index (χ0v) is 16.0. The zero-order chi connectivity index (χ0) is 20.1. The zero-order valence-electron chi connectivity index (χ0n) is 16.0. The SMILES string of the molecule is COc1ccc(C)cc1C1(CNc2ccc([N+](=O)[O-])cc2C#N)CCOCC1. The molecule has 2 aromatic rings. The first-order valence-corrected chi connectivity index (χ1v) is 9.14. The van der Waals surface area contributed by atoms with Crippen molar-refractivity contribution < 1.29 is 14.4 Å². The van der Waals surface area contributed by atoms with Crippen LogP contribution in [0.2, 0.25) is 0 Å². The Kier molecular flexibility index (Phi) is 5.81. The van der Waals surface area contributed by atoms with Crippen LogP contribution in [0.5, 0.6) is 5.75 Å². The van der Waals surface area contributed by atoms with Crippen molar-refractivity contribution in [1.29, 1.82) is 5.26 Å². The van der Waals surface area contributed by atoms with Crippen molar-refractivity contribution >= 4 is 11.4 Å². The highest BCUT2D eigenvalue weighted by atomic mass is 16.6.